The van der Waals surface area contributed by atoms with Gasteiger partial charge in [0.2, 0.25) is 0 Å². The van der Waals surface area contributed by atoms with E-state index in [4.69, 9.17) is 11.6 Å². The molecule has 0 aliphatic carbocycles. The van der Waals surface area contributed by atoms with Crippen molar-refractivity contribution in [1.82, 2.24) is 4.90 Å². The Morgan fingerprint density at radius 2 is 2.10 bits per heavy atom. The Labute approximate surface area is 123 Å². The van der Waals surface area contributed by atoms with E-state index in [0.717, 1.165) is 12.0 Å². The average Bonchev–Trinajstić information content (AvgIpc) is 2.42. The third-order valence-electron chi connectivity index (χ3n) is 2.75. The van der Waals surface area contributed by atoms with Crippen LogP contribution < -0.4 is 5.32 Å². The number of benzene rings is 1. The minimum atomic E-state index is -0.449. The summed E-state index contributed by atoms with van der Waals surface area (Å²) in [6.07, 6.45) is 0.749. The summed E-state index contributed by atoms with van der Waals surface area (Å²) in [6, 6.07) is 4.91. The smallest absolute Gasteiger partial charge is 0.325 e. The number of amides is 2. The number of methoxy groups -OCH3 is 1. The molecule has 0 unspecified atom stereocenters. The van der Waals surface area contributed by atoms with E-state index in [1.165, 1.54) is 12.0 Å². The van der Waals surface area contributed by atoms with E-state index in [9.17, 15) is 9.59 Å². The summed E-state index contributed by atoms with van der Waals surface area (Å²) in [5.41, 5.74) is 1.53. The third-order valence-corrected chi connectivity index (χ3v) is 3.16. The molecule has 1 N–H and O–H groups in total. The zero-order valence-corrected chi connectivity index (χ0v) is 12.7. The first kappa shape index (κ1) is 16.3. The van der Waals surface area contributed by atoms with Crippen molar-refractivity contribution in [2.75, 3.05) is 25.5 Å². The number of hydrogen-bond donors (Lipinski definition) is 1. The molecule has 110 valence electrons. The standard InChI is InChI=1S/C14H19ClN2O3/c1-4-7-17(9-13(18)20-3)14(19)16-11-6-5-10(2)12(15)8-11/h5-6,8H,4,7,9H2,1-3H3,(H,16,19). The first-order valence-corrected chi connectivity index (χ1v) is 6.74. The van der Waals surface area contributed by atoms with Gasteiger partial charge in [0, 0.05) is 17.3 Å². The van der Waals surface area contributed by atoms with Crippen LogP contribution >= 0.6 is 11.6 Å². The first-order valence-electron chi connectivity index (χ1n) is 6.36. The van der Waals surface area contributed by atoms with Crippen molar-refractivity contribution in [1.29, 1.82) is 0 Å². The normalized spacial score (nSPS) is 10.0. The molecule has 2 amide bonds. The number of esters is 1. The SMILES string of the molecule is CCCN(CC(=O)OC)C(=O)Nc1ccc(C)c(Cl)c1. The highest BCUT2D eigenvalue weighted by molar-refractivity contribution is 6.31. The Kier molecular flexibility index (Phi) is 6.31. The van der Waals surface area contributed by atoms with E-state index in [1.54, 1.807) is 12.1 Å². The molecule has 0 heterocycles. The van der Waals surface area contributed by atoms with Crippen molar-refractivity contribution in [3.63, 3.8) is 0 Å². The topological polar surface area (TPSA) is 58.6 Å². The summed E-state index contributed by atoms with van der Waals surface area (Å²) >= 11 is 6.01. The molecular formula is C14H19ClN2O3. The lowest BCUT2D eigenvalue weighted by Gasteiger charge is -2.21. The summed E-state index contributed by atoms with van der Waals surface area (Å²) in [7, 11) is 1.30. The molecule has 0 saturated heterocycles. The third kappa shape index (κ3) is 4.74. The van der Waals surface area contributed by atoms with Crippen LogP contribution in [0.25, 0.3) is 0 Å². The maximum Gasteiger partial charge on any atom is 0.325 e. The predicted molar refractivity (Wildman–Crippen MR) is 79.1 cm³/mol. The lowest BCUT2D eigenvalue weighted by molar-refractivity contribution is -0.141. The molecule has 5 nitrogen and oxygen atoms in total. The average molecular weight is 299 g/mol. The Balaban J connectivity index is 2.74. The quantitative estimate of drug-likeness (QED) is 0.850. The first-order chi connectivity index (χ1) is 9.47. The number of halogens is 1. The number of carbonyl (C=O) groups excluding carboxylic acids is 2. The maximum atomic E-state index is 12.1. The molecule has 20 heavy (non-hydrogen) atoms. The summed E-state index contributed by atoms with van der Waals surface area (Å²) in [6.45, 7) is 4.21. The Hall–Kier alpha value is -1.75. The molecule has 0 aromatic heterocycles. The van der Waals surface area contributed by atoms with Crippen molar-refractivity contribution in [3.8, 4) is 0 Å². The minimum Gasteiger partial charge on any atom is -0.468 e. The van der Waals surface area contributed by atoms with Crippen molar-refractivity contribution in [3.05, 3.63) is 28.8 Å². The van der Waals surface area contributed by atoms with Crippen LogP contribution in [0, 0.1) is 6.92 Å². The van der Waals surface area contributed by atoms with Gasteiger partial charge < -0.3 is 15.0 Å². The van der Waals surface area contributed by atoms with Gasteiger partial charge in [-0.25, -0.2) is 4.79 Å². The number of carbonyl (C=O) groups is 2. The monoisotopic (exact) mass is 298 g/mol. The van der Waals surface area contributed by atoms with Gasteiger partial charge in [0.1, 0.15) is 6.54 Å². The molecule has 6 heteroatoms. The Bertz CT molecular complexity index is 491. The molecule has 0 spiro atoms. The van der Waals surface area contributed by atoms with Gasteiger partial charge in [0.25, 0.3) is 0 Å². The minimum absolute atomic E-state index is 0.0736. The second-order valence-electron chi connectivity index (χ2n) is 4.39. The van der Waals surface area contributed by atoms with Crippen molar-refractivity contribution in [2.24, 2.45) is 0 Å². The molecule has 0 aliphatic rings. The molecule has 0 fully saturated rings. The van der Waals surface area contributed by atoms with E-state index in [0.29, 0.717) is 17.3 Å². The van der Waals surface area contributed by atoms with Crippen LogP contribution in [-0.4, -0.2) is 37.1 Å². The molecule has 1 aromatic carbocycles. The van der Waals surface area contributed by atoms with Gasteiger partial charge in [-0.15, -0.1) is 0 Å². The highest BCUT2D eigenvalue weighted by Gasteiger charge is 2.17. The van der Waals surface area contributed by atoms with Crippen LogP contribution in [0.15, 0.2) is 18.2 Å². The van der Waals surface area contributed by atoms with Crippen LogP contribution in [-0.2, 0) is 9.53 Å². The van der Waals surface area contributed by atoms with Crippen molar-refractivity contribution in [2.45, 2.75) is 20.3 Å². The number of hydrogen-bond acceptors (Lipinski definition) is 3. The second-order valence-corrected chi connectivity index (χ2v) is 4.80. The van der Waals surface area contributed by atoms with Crippen molar-refractivity contribution < 1.29 is 14.3 Å². The molecule has 0 saturated carbocycles. The zero-order valence-electron chi connectivity index (χ0n) is 11.9. The summed E-state index contributed by atoms with van der Waals surface area (Å²) in [5, 5.41) is 3.30. The van der Waals surface area contributed by atoms with E-state index < -0.39 is 5.97 Å². The number of nitrogens with one attached hydrogen (secondary N) is 1. The number of rotatable bonds is 5. The number of urea groups is 1. The highest BCUT2D eigenvalue weighted by Crippen LogP contribution is 2.20. The molecule has 0 radical (unpaired) electrons. The largest absolute Gasteiger partial charge is 0.468 e. The number of ether oxygens (including phenoxy) is 1. The van der Waals surface area contributed by atoms with Crippen LogP contribution in [0.4, 0.5) is 10.5 Å². The molecule has 0 atom stereocenters. The lowest BCUT2D eigenvalue weighted by Crippen LogP contribution is -2.39. The fourth-order valence-electron chi connectivity index (χ4n) is 1.62. The highest BCUT2D eigenvalue weighted by atomic mass is 35.5. The molecular weight excluding hydrogens is 280 g/mol. The van der Waals surface area contributed by atoms with Gasteiger partial charge in [0.05, 0.1) is 7.11 Å². The molecule has 0 bridgehead atoms. The van der Waals surface area contributed by atoms with Crippen LogP contribution in [0.3, 0.4) is 0 Å². The number of aryl methyl sites for hydroxylation is 1. The van der Waals surface area contributed by atoms with E-state index >= 15 is 0 Å². The lowest BCUT2D eigenvalue weighted by atomic mass is 10.2. The Morgan fingerprint density at radius 3 is 2.65 bits per heavy atom. The summed E-state index contributed by atoms with van der Waals surface area (Å²) in [4.78, 5) is 24.8. The predicted octanol–water partition coefficient (Wildman–Crippen LogP) is 3.07. The van der Waals surface area contributed by atoms with Crippen LogP contribution in [0.1, 0.15) is 18.9 Å². The fraction of sp³-hybridized carbons (Fsp3) is 0.429. The van der Waals surface area contributed by atoms with Gasteiger partial charge in [0.15, 0.2) is 0 Å². The van der Waals surface area contributed by atoms with Gasteiger partial charge in [-0.1, -0.05) is 24.6 Å². The van der Waals surface area contributed by atoms with Crippen LogP contribution in [0.2, 0.25) is 5.02 Å². The van der Waals surface area contributed by atoms with Gasteiger partial charge in [-0.05, 0) is 31.0 Å². The maximum absolute atomic E-state index is 12.1. The number of nitrogens with zero attached hydrogens (tertiary/aromatic N) is 1. The van der Waals surface area contributed by atoms with Crippen LogP contribution in [0.5, 0.6) is 0 Å². The van der Waals surface area contributed by atoms with Gasteiger partial charge in [-0.3, -0.25) is 4.79 Å². The van der Waals surface area contributed by atoms with Gasteiger partial charge >= 0.3 is 12.0 Å². The van der Waals surface area contributed by atoms with Crippen molar-refractivity contribution >= 4 is 29.3 Å². The van der Waals surface area contributed by atoms with E-state index in [1.807, 2.05) is 19.9 Å². The number of anilines is 1. The molecule has 1 rings (SSSR count). The molecule has 0 aliphatic heterocycles. The summed E-state index contributed by atoms with van der Waals surface area (Å²) < 4.78 is 4.58. The Morgan fingerprint density at radius 1 is 1.40 bits per heavy atom. The van der Waals surface area contributed by atoms with Gasteiger partial charge in [-0.2, -0.15) is 0 Å². The fourth-order valence-corrected chi connectivity index (χ4v) is 1.80. The second kappa shape index (κ2) is 7.75. The van der Waals surface area contributed by atoms with E-state index in [2.05, 4.69) is 10.1 Å². The summed E-state index contributed by atoms with van der Waals surface area (Å²) in [5.74, 6) is -0.449. The molecule has 1 aromatic rings. The van der Waals surface area contributed by atoms with E-state index in [-0.39, 0.29) is 12.6 Å². The zero-order chi connectivity index (χ0) is 15.1.